The molecule has 0 aliphatic carbocycles. The van der Waals surface area contributed by atoms with Crippen LogP contribution in [0.15, 0.2) is 0 Å². The molecular weight excluding hydrogens is 316 g/mol. The fraction of sp³-hybridized carbons (Fsp3) is 0.812. The molecule has 0 aromatic carbocycles. The number of hydrogen-bond acceptors (Lipinski definition) is 6. The normalized spacial score (nSPS) is 10.9. The molecule has 24 heavy (non-hydrogen) atoms. The van der Waals surface area contributed by atoms with Crippen molar-refractivity contribution in [2.45, 2.75) is 46.6 Å². The van der Waals surface area contributed by atoms with E-state index in [-0.39, 0.29) is 42.6 Å². The van der Waals surface area contributed by atoms with Crippen molar-refractivity contribution in [1.29, 1.82) is 0 Å². The second-order valence-corrected chi connectivity index (χ2v) is 5.82. The first-order valence-electron chi connectivity index (χ1n) is 8.22. The first-order chi connectivity index (χ1) is 11.3. The van der Waals surface area contributed by atoms with E-state index in [0.29, 0.717) is 32.8 Å². The van der Waals surface area contributed by atoms with Crippen LogP contribution in [-0.2, 0) is 28.7 Å². The van der Waals surface area contributed by atoms with Crippen LogP contribution >= 0.6 is 0 Å². The van der Waals surface area contributed by atoms with Crippen LogP contribution in [0.5, 0.6) is 0 Å². The van der Waals surface area contributed by atoms with Crippen LogP contribution in [0.3, 0.4) is 0 Å². The van der Waals surface area contributed by atoms with Crippen molar-refractivity contribution in [2.75, 3.05) is 33.0 Å². The van der Waals surface area contributed by atoms with Crippen LogP contribution in [0.2, 0.25) is 0 Å². The summed E-state index contributed by atoms with van der Waals surface area (Å²) in [5.41, 5.74) is 2.17. The molecule has 0 saturated carbocycles. The summed E-state index contributed by atoms with van der Waals surface area (Å²) in [5, 5.41) is 2.58. The minimum absolute atomic E-state index is 0.0117. The number of amides is 2. The molecule has 0 aromatic heterocycles. The molecule has 0 bridgehead atoms. The Morgan fingerprint density at radius 2 is 1.62 bits per heavy atom. The van der Waals surface area contributed by atoms with Crippen LogP contribution in [-0.4, -0.2) is 56.7 Å². The Morgan fingerprint density at radius 3 is 2.25 bits per heavy atom. The van der Waals surface area contributed by atoms with Crippen LogP contribution in [0.4, 0.5) is 0 Å². The summed E-state index contributed by atoms with van der Waals surface area (Å²) >= 11 is 0. The third kappa shape index (κ3) is 14.1. The van der Waals surface area contributed by atoms with Gasteiger partial charge in [0, 0.05) is 18.9 Å². The number of carbonyl (C=O) groups is 3. The molecule has 2 amide bonds. The predicted octanol–water partition coefficient (Wildman–Crippen LogP) is 0.597. The summed E-state index contributed by atoms with van der Waals surface area (Å²) in [6.45, 7) is 8.45. The topological polar surface area (TPSA) is 103 Å². The minimum Gasteiger partial charge on any atom is -0.379 e. The molecule has 0 fully saturated rings. The van der Waals surface area contributed by atoms with Gasteiger partial charge in [-0.25, -0.2) is 5.48 Å². The number of nitrogens with one attached hydrogen (secondary N) is 2. The summed E-state index contributed by atoms with van der Waals surface area (Å²) in [5.74, 6) is -0.545. The smallest absolute Gasteiger partial charge is 0.248 e. The molecule has 2 N–H and O–H groups in total. The molecule has 0 rings (SSSR count). The second-order valence-electron chi connectivity index (χ2n) is 5.82. The van der Waals surface area contributed by atoms with Crippen molar-refractivity contribution in [1.82, 2.24) is 10.8 Å². The number of hydroxylamine groups is 1. The van der Waals surface area contributed by atoms with Crippen LogP contribution < -0.4 is 10.8 Å². The summed E-state index contributed by atoms with van der Waals surface area (Å²) in [4.78, 5) is 38.9. The van der Waals surface area contributed by atoms with Crippen LogP contribution in [0.25, 0.3) is 0 Å². The van der Waals surface area contributed by atoms with E-state index in [1.807, 2.05) is 27.7 Å². The van der Waals surface area contributed by atoms with E-state index >= 15 is 0 Å². The summed E-state index contributed by atoms with van der Waals surface area (Å²) < 4.78 is 10.5. The monoisotopic (exact) mass is 346 g/mol. The third-order valence-electron chi connectivity index (χ3n) is 2.87. The number of ketones is 1. The van der Waals surface area contributed by atoms with E-state index < -0.39 is 0 Å². The quantitative estimate of drug-likeness (QED) is 0.353. The molecule has 0 atom stereocenters. The molecule has 0 aliphatic rings. The zero-order valence-electron chi connectivity index (χ0n) is 15.1. The Morgan fingerprint density at radius 1 is 0.917 bits per heavy atom. The summed E-state index contributed by atoms with van der Waals surface area (Å²) in [6, 6.07) is 0. The van der Waals surface area contributed by atoms with Crippen molar-refractivity contribution >= 4 is 17.6 Å². The highest BCUT2D eigenvalue weighted by Crippen LogP contribution is 1.98. The maximum absolute atomic E-state index is 11.4. The van der Waals surface area contributed by atoms with Gasteiger partial charge < -0.3 is 14.8 Å². The lowest BCUT2D eigenvalue weighted by Gasteiger charge is -2.09. The predicted molar refractivity (Wildman–Crippen MR) is 88.1 cm³/mol. The molecule has 140 valence electrons. The van der Waals surface area contributed by atoms with Gasteiger partial charge in [-0.05, 0) is 13.8 Å². The van der Waals surface area contributed by atoms with Gasteiger partial charge >= 0.3 is 0 Å². The van der Waals surface area contributed by atoms with Crippen LogP contribution in [0, 0.1) is 5.92 Å². The van der Waals surface area contributed by atoms with E-state index in [2.05, 4.69) is 10.8 Å². The average Bonchev–Trinajstić information content (AvgIpc) is 2.49. The highest BCUT2D eigenvalue weighted by molar-refractivity contribution is 5.80. The number of ether oxygens (including phenoxy) is 2. The largest absolute Gasteiger partial charge is 0.379 e. The summed E-state index contributed by atoms with van der Waals surface area (Å²) in [6.07, 6.45) is 0.611. The van der Waals surface area contributed by atoms with E-state index in [1.54, 1.807) is 0 Å². The maximum Gasteiger partial charge on any atom is 0.248 e. The standard InChI is InChI=1S/C16H30N2O6/c1-12(2)14(19)5-8-22-10-7-17-16(21)11-24-18-15(20)6-9-23-13(3)4/h12-13H,5-11H2,1-4H3,(H,17,21)(H,18,20). The Hall–Kier alpha value is -1.51. The molecule has 0 heterocycles. The van der Waals surface area contributed by atoms with Gasteiger partial charge in [0.2, 0.25) is 11.8 Å². The van der Waals surface area contributed by atoms with Crippen molar-refractivity contribution in [2.24, 2.45) is 5.92 Å². The highest BCUT2D eigenvalue weighted by atomic mass is 16.7. The minimum atomic E-state index is -0.365. The molecular formula is C16H30N2O6. The van der Waals surface area contributed by atoms with Crippen molar-refractivity contribution < 1.29 is 28.7 Å². The van der Waals surface area contributed by atoms with E-state index in [9.17, 15) is 14.4 Å². The first kappa shape index (κ1) is 22.5. The van der Waals surface area contributed by atoms with Gasteiger partial charge in [-0.1, -0.05) is 13.8 Å². The van der Waals surface area contributed by atoms with E-state index in [4.69, 9.17) is 14.3 Å². The maximum atomic E-state index is 11.4. The van der Waals surface area contributed by atoms with Gasteiger partial charge in [-0.15, -0.1) is 0 Å². The number of rotatable bonds is 14. The molecule has 0 aromatic rings. The Balaban J connectivity index is 3.47. The third-order valence-corrected chi connectivity index (χ3v) is 2.87. The van der Waals surface area contributed by atoms with E-state index in [0.717, 1.165) is 0 Å². The molecule has 8 heteroatoms. The molecule has 0 saturated heterocycles. The number of carbonyl (C=O) groups excluding carboxylic acids is 3. The fourth-order valence-corrected chi connectivity index (χ4v) is 1.50. The number of Topliss-reactive ketones (excluding diaryl/α,β-unsaturated/α-hetero) is 1. The highest BCUT2D eigenvalue weighted by Gasteiger charge is 2.07. The van der Waals surface area contributed by atoms with Gasteiger partial charge in [0.05, 0.1) is 32.3 Å². The van der Waals surface area contributed by atoms with Crippen molar-refractivity contribution in [3.8, 4) is 0 Å². The van der Waals surface area contributed by atoms with Crippen LogP contribution in [0.1, 0.15) is 40.5 Å². The molecule has 0 aliphatic heterocycles. The fourth-order valence-electron chi connectivity index (χ4n) is 1.50. The van der Waals surface area contributed by atoms with Crippen molar-refractivity contribution in [3.63, 3.8) is 0 Å². The molecule has 0 spiro atoms. The lowest BCUT2D eigenvalue weighted by Crippen LogP contribution is -2.34. The molecule has 0 radical (unpaired) electrons. The van der Waals surface area contributed by atoms with Gasteiger partial charge in [0.25, 0.3) is 0 Å². The molecule has 8 nitrogen and oxygen atoms in total. The van der Waals surface area contributed by atoms with Gasteiger partial charge in [-0.3, -0.25) is 19.2 Å². The average molecular weight is 346 g/mol. The number of hydrogen-bond donors (Lipinski definition) is 2. The first-order valence-corrected chi connectivity index (χ1v) is 8.22. The van der Waals surface area contributed by atoms with Gasteiger partial charge in [0.15, 0.2) is 6.61 Å². The summed E-state index contributed by atoms with van der Waals surface area (Å²) in [7, 11) is 0. The zero-order chi connectivity index (χ0) is 18.4. The molecule has 0 unspecified atom stereocenters. The lowest BCUT2D eigenvalue weighted by molar-refractivity contribution is -0.140. The van der Waals surface area contributed by atoms with Crippen molar-refractivity contribution in [3.05, 3.63) is 0 Å². The Bertz CT molecular complexity index is 385. The van der Waals surface area contributed by atoms with Gasteiger partial charge in [-0.2, -0.15) is 0 Å². The lowest BCUT2D eigenvalue weighted by atomic mass is 10.1. The second kappa shape index (κ2) is 13.9. The SMILES string of the molecule is CC(C)OCCC(=O)NOCC(=O)NCCOCCC(=O)C(C)C. The van der Waals surface area contributed by atoms with E-state index in [1.165, 1.54) is 0 Å². The van der Waals surface area contributed by atoms with Gasteiger partial charge in [0.1, 0.15) is 5.78 Å². The Kier molecular flexibility index (Phi) is 13.0. The zero-order valence-corrected chi connectivity index (χ0v) is 15.1. The Labute approximate surface area is 143 Å².